The lowest BCUT2D eigenvalue weighted by Crippen LogP contribution is -2.39. The van der Waals surface area contributed by atoms with Gasteiger partial charge in [-0.2, -0.15) is 16.7 Å². The molecule has 0 saturated carbocycles. The number of nitrogens with two attached hydrogens (primary N) is 1. The highest BCUT2D eigenvalue weighted by atomic mass is 35.5. The Bertz CT molecular complexity index is 361. The van der Waals surface area contributed by atoms with Gasteiger partial charge in [-0.15, -0.1) is 12.4 Å². The van der Waals surface area contributed by atoms with Crippen molar-refractivity contribution in [2.24, 2.45) is 11.7 Å². The molecular weight excluding hydrogens is 272 g/mol. The number of hydrogen-bond donors (Lipinski definition) is 1. The summed E-state index contributed by atoms with van der Waals surface area (Å²) in [5.74, 6) is 3.17. The van der Waals surface area contributed by atoms with Crippen LogP contribution in [0.4, 0.5) is 0 Å². The molecule has 2 N–H and O–H groups in total. The third-order valence-electron chi connectivity index (χ3n) is 2.97. The predicted molar refractivity (Wildman–Crippen MR) is 75.8 cm³/mol. The van der Waals surface area contributed by atoms with Gasteiger partial charge in [0.2, 0.25) is 5.89 Å². The highest BCUT2D eigenvalue weighted by Gasteiger charge is 2.23. The number of thioether (sulfide) groups is 1. The van der Waals surface area contributed by atoms with Gasteiger partial charge in [-0.25, -0.2) is 0 Å². The zero-order chi connectivity index (χ0) is 12.3. The molecule has 1 aliphatic heterocycles. The van der Waals surface area contributed by atoms with Crippen molar-refractivity contribution < 1.29 is 4.52 Å². The van der Waals surface area contributed by atoms with E-state index in [1.54, 1.807) is 0 Å². The van der Waals surface area contributed by atoms with Crippen molar-refractivity contribution in [2.75, 3.05) is 18.8 Å². The molecule has 1 aromatic heterocycles. The third-order valence-corrected chi connectivity index (χ3v) is 4.51. The second-order valence-corrected chi connectivity index (χ2v) is 6.04. The van der Waals surface area contributed by atoms with Gasteiger partial charge in [-0.1, -0.05) is 19.0 Å². The molecule has 0 aliphatic carbocycles. The van der Waals surface area contributed by atoms with Gasteiger partial charge in [0.15, 0.2) is 5.82 Å². The summed E-state index contributed by atoms with van der Waals surface area (Å²) in [5, 5.41) is 4.65. The number of nitrogens with zero attached hydrogens (tertiary/aromatic N) is 3. The molecule has 0 amide bonds. The topological polar surface area (TPSA) is 68.2 Å². The van der Waals surface area contributed by atoms with Crippen LogP contribution in [-0.4, -0.2) is 39.1 Å². The minimum Gasteiger partial charge on any atom is -0.338 e. The molecule has 0 spiro atoms. The molecule has 0 bridgehead atoms. The lowest BCUT2D eigenvalue weighted by Gasteiger charge is -2.33. The number of halogens is 1. The Labute approximate surface area is 118 Å². The van der Waals surface area contributed by atoms with Gasteiger partial charge in [-0.05, 0) is 5.92 Å². The van der Waals surface area contributed by atoms with E-state index < -0.39 is 0 Å². The summed E-state index contributed by atoms with van der Waals surface area (Å²) in [4.78, 5) is 6.64. The van der Waals surface area contributed by atoms with Crippen molar-refractivity contribution in [3.63, 3.8) is 0 Å². The average Bonchev–Trinajstić information content (AvgIpc) is 2.77. The zero-order valence-corrected chi connectivity index (χ0v) is 12.5. The summed E-state index contributed by atoms with van der Waals surface area (Å²) >= 11 is 2.07. The number of rotatable bonds is 4. The fraction of sp³-hybridized carbons (Fsp3) is 0.818. The number of hydrogen-bond acceptors (Lipinski definition) is 6. The van der Waals surface area contributed by atoms with Gasteiger partial charge in [0, 0.05) is 24.1 Å². The Balaban J connectivity index is 0.00000162. The average molecular weight is 293 g/mol. The van der Waals surface area contributed by atoms with Crippen LogP contribution in [0.25, 0.3) is 0 Å². The quantitative estimate of drug-likeness (QED) is 0.907. The van der Waals surface area contributed by atoms with Crippen molar-refractivity contribution in [1.29, 1.82) is 0 Å². The zero-order valence-electron chi connectivity index (χ0n) is 10.8. The smallest absolute Gasteiger partial charge is 0.240 e. The SMILES string of the molecule is CC(C)C1CN(Cc2noc(CN)n2)CCS1.Cl. The van der Waals surface area contributed by atoms with E-state index in [0.29, 0.717) is 23.6 Å². The van der Waals surface area contributed by atoms with Crippen LogP contribution in [0, 0.1) is 5.92 Å². The molecule has 1 atom stereocenters. The van der Waals surface area contributed by atoms with E-state index in [1.165, 1.54) is 5.75 Å². The molecule has 1 unspecified atom stereocenters. The van der Waals surface area contributed by atoms with Crippen LogP contribution in [0.1, 0.15) is 25.6 Å². The molecule has 104 valence electrons. The lowest BCUT2D eigenvalue weighted by atomic mass is 10.1. The lowest BCUT2D eigenvalue weighted by molar-refractivity contribution is 0.250. The van der Waals surface area contributed by atoms with Gasteiger partial charge < -0.3 is 10.3 Å². The standard InChI is InChI=1S/C11H20N4OS.ClH/c1-8(2)9-6-15(3-4-17-9)7-10-13-11(5-12)16-14-10;/h8-9H,3-7,12H2,1-2H3;1H. The molecule has 1 aromatic rings. The Kier molecular flexibility index (Phi) is 6.42. The number of aromatic nitrogens is 2. The maximum atomic E-state index is 5.44. The summed E-state index contributed by atoms with van der Waals surface area (Å²) < 4.78 is 5.01. The second-order valence-electron chi connectivity index (χ2n) is 4.70. The van der Waals surface area contributed by atoms with Crippen molar-refractivity contribution in [1.82, 2.24) is 15.0 Å². The van der Waals surface area contributed by atoms with Gasteiger partial charge >= 0.3 is 0 Å². The molecule has 1 fully saturated rings. The normalized spacial score (nSPS) is 21.0. The summed E-state index contributed by atoms with van der Waals surface area (Å²) in [6.45, 7) is 7.85. The van der Waals surface area contributed by atoms with Crippen LogP contribution < -0.4 is 5.73 Å². The van der Waals surface area contributed by atoms with E-state index in [9.17, 15) is 0 Å². The van der Waals surface area contributed by atoms with Crippen LogP contribution in [0.2, 0.25) is 0 Å². The summed E-state index contributed by atoms with van der Waals surface area (Å²) in [5.41, 5.74) is 5.44. The first-order valence-electron chi connectivity index (χ1n) is 6.04. The van der Waals surface area contributed by atoms with Crippen LogP contribution in [-0.2, 0) is 13.1 Å². The van der Waals surface area contributed by atoms with Gasteiger partial charge in [-0.3, -0.25) is 4.90 Å². The first-order valence-corrected chi connectivity index (χ1v) is 7.09. The summed E-state index contributed by atoms with van der Waals surface area (Å²) in [6.07, 6.45) is 0. The Morgan fingerprint density at radius 2 is 2.33 bits per heavy atom. The molecule has 2 heterocycles. The highest BCUT2D eigenvalue weighted by molar-refractivity contribution is 8.00. The maximum Gasteiger partial charge on any atom is 0.240 e. The van der Waals surface area contributed by atoms with Gasteiger partial charge in [0.05, 0.1) is 13.1 Å². The predicted octanol–water partition coefficient (Wildman–Crippen LogP) is 1.52. The molecule has 0 radical (unpaired) electrons. The molecule has 1 saturated heterocycles. The van der Waals surface area contributed by atoms with Crippen LogP contribution in [0.3, 0.4) is 0 Å². The first-order chi connectivity index (χ1) is 8.19. The third kappa shape index (κ3) is 4.12. The second kappa shape index (κ2) is 7.33. The first kappa shape index (κ1) is 15.8. The molecule has 1 aliphatic rings. The Morgan fingerprint density at radius 1 is 1.56 bits per heavy atom. The van der Waals surface area contributed by atoms with Gasteiger partial charge in [0.25, 0.3) is 0 Å². The van der Waals surface area contributed by atoms with Crippen molar-refractivity contribution in [3.8, 4) is 0 Å². The van der Waals surface area contributed by atoms with E-state index in [4.69, 9.17) is 10.3 Å². The Morgan fingerprint density at radius 3 is 2.94 bits per heavy atom. The largest absolute Gasteiger partial charge is 0.338 e. The molecule has 0 aromatic carbocycles. The van der Waals surface area contributed by atoms with Gasteiger partial charge in [0.1, 0.15) is 0 Å². The van der Waals surface area contributed by atoms with Crippen LogP contribution in [0.5, 0.6) is 0 Å². The molecule has 18 heavy (non-hydrogen) atoms. The fourth-order valence-corrected chi connectivity index (χ4v) is 3.28. The van der Waals surface area contributed by atoms with Crippen molar-refractivity contribution >= 4 is 24.2 Å². The molecule has 5 nitrogen and oxygen atoms in total. The minimum atomic E-state index is 0. The monoisotopic (exact) mass is 292 g/mol. The van der Waals surface area contributed by atoms with E-state index in [-0.39, 0.29) is 12.4 Å². The highest BCUT2D eigenvalue weighted by Crippen LogP contribution is 2.25. The van der Waals surface area contributed by atoms with Crippen molar-refractivity contribution in [2.45, 2.75) is 32.2 Å². The van der Waals surface area contributed by atoms with Crippen LogP contribution in [0.15, 0.2) is 4.52 Å². The van der Waals surface area contributed by atoms with Crippen molar-refractivity contribution in [3.05, 3.63) is 11.7 Å². The van der Waals surface area contributed by atoms with Crippen LogP contribution >= 0.6 is 24.2 Å². The van der Waals surface area contributed by atoms with E-state index in [2.05, 4.69) is 40.6 Å². The fourth-order valence-electron chi connectivity index (χ4n) is 1.92. The maximum absolute atomic E-state index is 5.44. The summed E-state index contributed by atoms with van der Waals surface area (Å²) in [6, 6.07) is 0. The van der Waals surface area contributed by atoms with E-state index in [0.717, 1.165) is 25.5 Å². The molecular formula is C11H21ClN4OS. The van der Waals surface area contributed by atoms with E-state index in [1.807, 2.05) is 0 Å². The molecule has 2 rings (SSSR count). The minimum absolute atomic E-state index is 0. The summed E-state index contributed by atoms with van der Waals surface area (Å²) in [7, 11) is 0. The molecule has 7 heteroatoms. The van der Waals surface area contributed by atoms with E-state index >= 15 is 0 Å². The Hall–Kier alpha value is -0.300.